The number of hydrogen-bond donors (Lipinski definition) is 2. The summed E-state index contributed by atoms with van der Waals surface area (Å²) in [5.74, 6) is -12.3. The fraction of sp³-hybridized carbons (Fsp3) is 0. The van der Waals surface area contributed by atoms with Crippen LogP contribution in [0.3, 0.4) is 0 Å². The summed E-state index contributed by atoms with van der Waals surface area (Å²) in [5.41, 5.74) is 0. The van der Waals surface area contributed by atoms with E-state index < -0.39 is 51.4 Å². The van der Waals surface area contributed by atoms with Crippen molar-refractivity contribution in [2.75, 3.05) is 0 Å². The molecule has 0 amide bonds. The smallest absolute Gasteiger partial charge is 0.204 e. The number of aromatic hydroxyl groups is 2. The lowest BCUT2D eigenvalue weighted by atomic mass is 10.1. The summed E-state index contributed by atoms with van der Waals surface area (Å²) in [5, 5.41) is 16.2. The van der Waals surface area contributed by atoms with Gasteiger partial charge in [0.1, 0.15) is 0 Å². The Balaban J connectivity index is 3.12. The molecule has 0 aliphatic heterocycles. The zero-order valence-electron chi connectivity index (χ0n) is 7.86. The van der Waals surface area contributed by atoms with Crippen LogP contribution in [0.15, 0.2) is 6.07 Å². The SMILES string of the molecule is Oc1c(F)c(F)c(F)c2c(O)c(F)c(F)cc12. The maximum absolute atomic E-state index is 13.2. The molecule has 0 aliphatic rings. The number of phenols is 2. The molecule has 2 N–H and O–H groups in total. The van der Waals surface area contributed by atoms with E-state index in [4.69, 9.17) is 10.2 Å². The van der Waals surface area contributed by atoms with Crippen LogP contribution in [0.25, 0.3) is 10.8 Å². The Kier molecular flexibility index (Phi) is 2.34. The minimum Gasteiger partial charge on any atom is -0.504 e. The fourth-order valence-electron chi connectivity index (χ4n) is 1.45. The normalized spacial score (nSPS) is 11.1. The summed E-state index contributed by atoms with van der Waals surface area (Å²) in [6, 6.07) is 0.255. The van der Waals surface area contributed by atoms with Crippen molar-refractivity contribution in [3.63, 3.8) is 0 Å². The van der Waals surface area contributed by atoms with E-state index >= 15 is 0 Å². The van der Waals surface area contributed by atoms with Gasteiger partial charge in [-0.2, -0.15) is 8.78 Å². The highest BCUT2D eigenvalue weighted by Crippen LogP contribution is 2.39. The summed E-state index contributed by atoms with van der Waals surface area (Å²) in [6.45, 7) is 0. The van der Waals surface area contributed by atoms with Gasteiger partial charge in [0, 0.05) is 5.39 Å². The van der Waals surface area contributed by atoms with Crippen molar-refractivity contribution in [1.82, 2.24) is 0 Å². The van der Waals surface area contributed by atoms with E-state index in [9.17, 15) is 22.0 Å². The van der Waals surface area contributed by atoms with Gasteiger partial charge in [0.25, 0.3) is 0 Å². The third kappa shape index (κ3) is 1.38. The van der Waals surface area contributed by atoms with Crippen molar-refractivity contribution in [2.24, 2.45) is 0 Å². The highest BCUT2D eigenvalue weighted by Gasteiger charge is 2.25. The summed E-state index contributed by atoms with van der Waals surface area (Å²) in [7, 11) is 0. The lowest BCUT2D eigenvalue weighted by molar-refractivity contribution is 0.386. The summed E-state index contributed by atoms with van der Waals surface area (Å²) in [4.78, 5) is 0. The van der Waals surface area contributed by atoms with Crippen LogP contribution in [0.5, 0.6) is 11.5 Å². The van der Waals surface area contributed by atoms with Gasteiger partial charge in [-0.05, 0) is 6.07 Å². The number of phenolic OH excluding ortho intramolecular Hbond substituents is 2. The van der Waals surface area contributed by atoms with Gasteiger partial charge in [0.2, 0.25) is 11.6 Å². The molecule has 0 aliphatic carbocycles. The van der Waals surface area contributed by atoms with E-state index in [1.54, 1.807) is 0 Å². The van der Waals surface area contributed by atoms with Gasteiger partial charge < -0.3 is 10.2 Å². The molecule has 2 aromatic carbocycles. The third-order valence-electron chi connectivity index (χ3n) is 2.26. The van der Waals surface area contributed by atoms with E-state index in [-0.39, 0.29) is 6.07 Å². The molecule has 0 atom stereocenters. The second-order valence-corrected chi connectivity index (χ2v) is 3.23. The van der Waals surface area contributed by atoms with E-state index in [1.165, 1.54) is 0 Å². The van der Waals surface area contributed by atoms with Crippen LogP contribution in [-0.2, 0) is 0 Å². The molecule has 90 valence electrons. The predicted octanol–water partition coefficient (Wildman–Crippen LogP) is 2.95. The van der Waals surface area contributed by atoms with E-state index in [0.717, 1.165) is 0 Å². The largest absolute Gasteiger partial charge is 0.504 e. The Morgan fingerprint density at radius 3 is 1.88 bits per heavy atom. The number of halogens is 5. The van der Waals surface area contributed by atoms with Gasteiger partial charge in [0.05, 0.1) is 5.39 Å². The van der Waals surface area contributed by atoms with Crippen molar-refractivity contribution in [3.8, 4) is 11.5 Å². The van der Waals surface area contributed by atoms with Crippen LogP contribution in [0.4, 0.5) is 22.0 Å². The average molecular weight is 250 g/mol. The highest BCUT2D eigenvalue weighted by atomic mass is 19.2. The molecule has 7 heteroatoms. The second kappa shape index (κ2) is 3.47. The third-order valence-corrected chi connectivity index (χ3v) is 2.26. The van der Waals surface area contributed by atoms with Crippen molar-refractivity contribution in [1.29, 1.82) is 0 Å². The Bertz CT molecular complexity index is 631. The van der Waals surface area contributed by atoms with Gasteiger partial charge in [-0.15, -0.1) is 0 Å². The van der Waals surface area contributed by atoms with E-state index in [2.05, 4.69) is 0 Å². The molecule has 0 spiro atoms. The molecule has 0 heterocycles. The van der Waals surface area contributed by atoms with E-state index in [0.29, 0.717) is 0 Å². The zero-order chi connectivity index (χ0) is 12.9. The Morgan fingerprint density at radius 2 is 1.29 bits per heavy atom. The van der Waals surface area contributed by atoms with Crippen LogP contribution in [0, 0.1) is 29.1 Å². The van der Waals surface area contributed by atoms with Crippen LogP contribution in [-0.4, -0.2) is 10.2 Å². The molecule has 0 unspecified atom stereocenters. The zero-order valence-corrected chi connectivity index (χ0v) is 7.86. The van der Waals surface area contributed by atoms with Gasteiger partial charge in [-0.1, -0.05) is 0 Å². The first-order valence-corrected chi connectivity index (χ1v) is 4.22. The molecule has 2 nitrogen and oxygen atoms in total. The fourth-order valence-corrected chi connectivity index (χ4v) is 1.45. The first-order valence-electron chi connectivity index (χ1n) is 4.22. The number of hydrogen-bond acceptors (Lipinski definition) is 2. The number of fused-ring (bicyclic) bond motifs is 1. The molecule has 17 heavy (non-hydrogen) atoms. The molecule has 0 aromatic heterocycles. The minimum absolute atomic E-state index is 0.255. The molecule has 0 radical (unpaired) electrons. The Labute approximate surface area is 90.5 Å². The Hall–Kier alpha value is -2.05. The van der Waals surface area contributed by atoms with Crippen LogP contribution in [0.2, 0.25) is 0 Å². The minimum atomic E-state index is -2.09. The summed E-state index contributed by atoms with van der Waals surface area (Å²) in [6.07, 6.45) is 0. The number of rotatable bonds is 0. The Morgan fingerprint density at radius 1 is 0.706 bits per heavy atom. The first-order chi connectivity index (χ1) is 7.86. The van der Waals surface area contributed by atoms with Crippen LogP contribution >= 0.6 is 0 Å². The van der Waals surface area contributed by atoms with Crippen LogP contribution in [0.1, 0.15) is 0 Å². The first kappa shape index (κ1) is 11.4. The molecular weight excluding hydrogens is 247 g/mol. The highest BCUT2D eigenvalue weighted by molar-refractivity contribution is 5.93. The molecular formula is C10H3F5O2. The molecule has 0 fully saturated rings. The van der Waals surface area contributed by atoms with Gasteiger partial charge in [-0.3, -0.25) is 0 Å². The molecule has 0 saturated carbocycles. The number of benzene rings is 2. The monoisotopic (exact) mass is 250 g/mol. The maximum atomic E-state index is 13.2. The average Bonchev–Trinajstić information content (AvgIpc) is 2.30. The topological polar surface area (TPSA) is 40.5 Å². The predicted molar refractivity (Wildman–Crippen MR) is 47.1 cm³/mol. The lowest BCUT2D eigenvalue weighted by Crippen LogP contribution is -1.97. The molecule has 2 rings (SSSR count). The van der Waals surface area contributed by atoms with Crippen molar-refractivity contribution < 1.29 is 32.2 Å². The van der Waals surface area contributed by atoms with E-state index in [1.807, 2.05) is 0 Å². The van der Waals surface area contributed by atoms with Crippen molar-refractivity contribution in [3.05, 3.63) is 35.2 Å². The standard InChI is InChI=1S/C10H3F5O2/c11-3-1-2-4(10(17)5(3)12)6(13)7(14)8(15)9(2)16/h1,16-17H. The maximum Gasteiger partial charge on any atom is 0.204 e. The van der Waals surface area contributed by atoms with Crippen LogP contribution < -0.4 is 0 Å². The molecule has 0 bridgehead atoms. The summed E-state index contributed by atoms with van der Waals surface area (Å²) >= 11 is 0. The van der Waals surface area contributed by atoms with Crippen molar-refractivity contribution >= 4 is 10.8 Å². The quantitative estimate of drug-likeness (QED) is 0.557. The van der Waals surface area contributed by atoms with Gasteiger partial charge >= 0.3 is 0 Å². The van der Waals surface area contributed by atoms with Gasteiger partial charge in [0.15, 0.2) is 29.0 Å². The lowest BCUT2D eigenvalue weighted by Gasteiger charge is -2.08. The van der Waals surface area contributed by atoms with Gasteiger partial charge in [-0.25, -0.2) is 13.2 Å². The molecule has 2 aromatic rings. The summed E-state index contributed by atoms with van der Waals surface area (Å²) < 4.78 is 64.8. The molecule has 0 saturated heterocycles. The second-order valence-electron chi connectivity index (χ2n) is 3.23. The van der Waals surface area contributed by atoms with Crippen molar-refractivity contribution in [2.45, 2.75) is 0 Å².